The van der Waals surface area contributed by atoms with E-state index in [4.69, 9.17) is 9.84 Å². The maximum atomic E-state index is 12.3. The third-order valence-electron chi connectivity index (χ3n) is 6.78. The van der Waals surface area contributed by atoms with Crippen LogP contribution in [0.4, 0.5) is 0 Å². The first-order valence-corrected chi connectivity index (χ1v) is 14.6. The molecule has 6 heteroatoms. The standard InChI is InChI=1S/C20H28N2O2.C15H24N2/c1-8-24-19(23)17-12-22(20(5,6)7)21-18(17)11-16-14(3)9-13(2)10-15(16)4;1-11-9-12(2)14(13(3)10-11)7-8-16-17-15(4,5)6/h9-10,12H,8,11H2,1-7H3;8-10,17H,7H2,1-6H3/b;16-8+. The van der Waals surface area contributed by atoms with Crippen molar-refractivity contribution in [1.82, 2.24) is 15.2 Å². The van der Waals surface area contributed by atoms with E-state index in [1.165, 1.54) is 44.5 Å². The first-order valence-electron chi connectivity index (χ1n) is 14.6. The molecule has 1 N–H and O–H groups in total. The number of benzene rings is 2. The van der Waals surface area contributed by atoms with Crippen LogP contribution >= 0.6 is 0 Å². The number of hydrogen-bond donors (Lipinski definition) is 1. The normalized spacial score (nSPS) is 11.8. The second-order valence-electron chi connectivity index (χ2n) is 13.1. The molecule has 0 saturated heterocycles. The van der Waals surface area contributed by atoms with Gasteiger partial charge >= 0.3 is 5.97 Å². The lowest BCUT2D eigenvalue weighted by Gasteiger charge is -2.19. The van der Waals surface area contributed by atoms with Gasteiger partial charge in [-0.15, -0.1) is 0 Å². The number of carbonyl (C=O) groups is 1. The summed E-state index contributed by atoms with van der Waals surface area (Å²) >= 11 is 0. The molecule has 41 heavy (non-hydrogen) atoms. The Bertz CT molecular complexity index is 1320. The van der Waals surface area contributed by atoms with Crippen LogP contribution in [-0.4, -0.2) is 34.1 Å². The van der Waals surface area contributed by atoms with Crippen LogP contribution in [0.15, 0.2) is 35.6 Å². The number of ether oxygens (including phenoxy) is 1. The molecule has 3 rings (SSSR count). The van der Waals surface area contributed by atoms with E-state index in [0.717, 1.165) is 12.1 Å². The lowest BCUT2D eigenvalue weighted by Crippen LogP contribution is -2.31. The number of rotatable bonds is 7. The van der Waals surface area contributed by atoms with Crippen molar-refractivity contribution in [3.8, 4) is 0 Å². The highest BCUT2D eigenvalue weighted by Crippen LogP contribution is 2.24. The molecule has 2 aromatic carbocycles. The summed E-state index contributed by atoms with van der Waals surface area (Å²) in [7, 11) is 0. The van der Waals surface area contributed by atoms with E-state index in [1.54, 1.807) is 0 Å². The molecule has 0 aliphatic heterocycles. The maximum absolute atomic E-state index is 12.3. The molecule has 1 heterocycles. The second kappa shape index (κ2) is 14.0. The van der Waals surface area contributed by atoms with Crippen molar-refractivity contribution in [2.75, 3.05) is 6.61 Å². The molecule has 0 bridgehead atoms. The van der Waals surface area contributed by atoms with Crippen molar-refractivity contribution in [3.05, 3.63) is 86.2 Å². The van der Waals surface area contributed by atoms with Crippen LogP contribution in [0.2, 0.25) is 0 Å². The minimum atomic E-state index is -0.301. The minimum absolute atomic E-state index is 0.0356. The molecular formula is C35H52N4O2. The predicted molar refractivity (Wildman–Crippen MR) is 172 cm³/mol. The zero-order chi connectivity index (χ0) is 31.1. The van der Waals surface area contributed by atoms with Crippen LogP contribution < -0.4 is 5.43 Å². The van der Waals surface area contributed by atoms with E-state index in [0.29, 0.717) is 18.6 Å². The molecule has 0 atom stereocenters. The van der Waals surface area contributed by atoms with E-state index in [9.17, 15) is 4.79 Å². The fraction of sp³-hybridized carbons (Fsp3) is 0.514. The maximum Gasteiger partial charge on any atom is 0.341 e. The van der Waals surface area contributed by atoms with Crippen LogP contribution in [0.5, 0.6) is 0 Å². The Morgan fingerprint density at radius 3 is 1.80 bits per heavy atom. The zero-order valence-corrected chi connectivity index (χ0v) is 27.7. The lowest BCUT2D eigenvalue weighted by molar-refractivity contribution is 0.0525. The monoisotopic (exact) mass is 560 g/mol. The Balaban J connectivity index is 0.000000305. The molecule has 3 aromatic rings. The fourth-order valence-corrected chi connectivity index (χ4v) is 4.83. The molecule has 224 valence electrons. The van der Waals surface area contributed by atoms with Gasteiger partial charge in [-0.25, -0.2) is 4.79 Å². The van der Waals surface area contributed by atoms with Gasteiger partial charge in [-0.3, -0.25) is 4.68 Å². The quantitative estimate of drug-likeness (QED) is 0.181. The van der Waals surface area contributed by atoms with Gasteiger partial charge < -0.3 is 10.2 Å². The highest BCUT2D eigenvalue weighted by Gasteiger charge is 2.23. The van der Waals surface area contributed by atoms with Gasteiger partial charge in [0.15, 0.2) is 0 Å². The third-order valence-corrected chi connectivity index (χ3v) is 6.78. The van der Waals surface area contributed by atoms with E-state index in [1.807, 2.05) is 24.0 Å². The van der Waals surface area contributed by atoms with Crippen LogP contribution in [0, 0.1) is 41.5 Å². The van der Waals surface area contributed by atoms with Crippen molar-refractivity contribution in [1.29, 1.82) is 0 Å². The molecule has 0 spiro atoms. The van der Waals surface area contributed by atoms with Crippen LogP contribution in [-0.2, 0) is 23.1 Å². The van der Waals surface area contributed by atoms with Crippen LogP contribution in [0.1, 0.15) is 109 Å². The van der Waals surface area contributed by atoms with Gasteiger partial charge in [0.05, 0.1) is 17.8 Å². The number of aromatic nitrogens is 2. The topological polar surface area (TPSA) is 68.5 Å². The van der Waals surface area contributed by atoms with E-state index >= 15 is 0 Å². The highest BCUT2D eigenvalue weighted by molar-refractivity contribution is 5.90. The van der Waals surface area contributed by atoms with Gasteiger partial charge in [-0.05, 0) is 123 Å². The summed E-state index contributed by atoms with van der Waals surface area (Å²) < 4.78 is 7.07. The average molecular weight is 561 g/mol. The van der Waals surface area contributed by atoms with Crippen molar-refractivity contribution < 1.29 is 9.53 Å². The summed E-state index contributed by atoms with van der Waals surface area (Å²) in [6.45, 7) is 27.5. The van der Waals surface area contributed by atoms with Crippen molar-refractivity contribution in [2.24, 2.45) is 5.10 Å². The molecular weight excluding hydrogens is 508 g/mol. The number of carbonyl (C=O) groups excluding carboxylic acids is 1. The van der Waals surface area contributed by atoms with Gasteiger partial charge in [0.25, 0.3) is 0 Å². The van der Waals surface area contributed by atoms with Gasteiger partial charge in [0.1, 0.15) is 5.56 Å². The number of aryl methyl sites for hydroxylation is 6. The van der Waals surface area contributed by atoms with E-state index in [2.05, 4.69) is 118 Å². The number of hydrazone groups is 1. The summed E-state index contributed by atoms with van der Waals surface area (Å²) in [4.78, 5) is 12.3. The Hall–Kier alpha value is -3.41. The predicted octanol–water partition coefficient (Wildman–Crippen LogP) is 7.86. The molecule has 0 unspecified atom stereocenters. The minimum Gasteiger partial charge on any atom is -0.462 e. The summed E-state index contributed by atoms with van der Waals surface area (Å²) in [6.07, 6.45) is 5.29. The van der Waals surface area contributed by atoms with E-state index in [-0.39, 0.29) is 17.0 Å². The molecule has 0 aliphatic rings. The Morgan fingerprint density at radius 1 is 0.878 bits per heavy atom. The number of hydrogen-bond acceptors (Lipinski definition) is 5. The first-order chi connectivity index (χ1) is 18.9. The Labute approximate surface area is 248 Å². The van der Waals surface area contributed by atoms with E-state index < -0.39 is 0 Å². The largest absolute Gasteiger partial charge is 0.462 e. The third kappa shape index (κ3) is 10.2. The highest BCUT2D eigenvalue weighted by atomic mass is 16.5. The summed E-state index contributed by atoms with van der Waals surface area (Å²) in [5.41, 5.74) is 14.7. The summed E-state index contributed by atoms with van der Waals surface area (Å²) in [5.74, 6) is -0.301. The number of nitrogens with one attached hydrogen (secondary N) is 1. The molecule has 0 radical (unpaired) electrons. The van der Waals surface area contributed by atoms with Crippen molar-refractivity contribution in [2.45, 2.75) is 114 Å². The first kappa shape index (κ1) is 33.8. The average Bonchev–Trinajstić information content (AvgIpc) is 3.25. The zero-order valence-electron chi connectivity index (χ0n) is 27.7. The molecule has 0 amide bonds. The lowest BCUT2D eigenvalue weighted by atomic mass is 9.95. The molecule has 0 aliphatic carbocycles. The Morgan fingerprint density at radius 2 is 1.37 bits per heavy atom. The van der Waals surface area contributed by atoms with Crippen molar-refractivity contribution in [3.63, 3.8) is 0 Å². The Kier molecular flexibility index (Phi) is 11.5. The summed E-state index contributed by atoms with van der Waals surface area (Å²) in [5, 5.41) is 8.97. The van der Waals surface area contributed by atoms with Gasteiger partial charge in [-0.2, -0.15) is 10.2 Å². The van der Waals surface area contributed by atoms with Crippen molar-refractivity contribution >= 4 is 12.2 Å². The van der Waals surface area contributed by atoms with Gasteiger partial charge in [0.2, 0.25) is 0 Å². The number of nitrogens with zero attached hydrogens (tertiary/aromatic N) is 3. The van der Waals surface area contributed by atoms with Gasteiger partial charge in [-0.1, -0.05) is 35.4 Å². The van der Waals surface area contributed by atoms with Gasteiger partial charge in [0, 0.05) is 30.8 Å². The molecule has 1 aromatic heterocycles. The smallest absolute Gasteiger partial charge is 0.341 e. The molecule has 0 fully saturated rings. The number of esters is 1. The molecule has 0 saturated carbocycles. The second-order valence-corrected chi connectivity index (χ2v) is 13.1. The van der Waals surface area contributed by atoms with Crippen LogP contribution in [0.3, 0.4) is 0 Å². The fourth-order valence-electron chi connectivity index (χ4n) is 4.83. The summed E-state index contributed by atoms with van der Waals surface area (Å²) in [6, 6.07) is 8.81. The molecule has 6 nitrogen and oxygen atoms in total. The SMILES string of the molecule is CCOC(=O)c1cn(C(C)(C)C)nc1Cc1c(C)cc(C)cc1C.Cc1cc(C)c(C/C=N/NC(C)(C)C)c(C)c1. The van der Waals surface area contributed by atoms with Crippen LogP contribution in [0.25, 0.3) is 0 Å².